The Balaban J connectivity index is 2.52. The Kier molecular flexibility index (Phi) is 8.95. The van der Waals surface area contributed by atoms with E-state index in [9.17, 15) is 4.79 Å². The molecule has 1 aromatic carbocycles. The van der Waals surface area contributed by atoms with Crippen LogP contribution in [0.3, 0.4) is 0 Å². The predicted octanol–water partition coefficient (Wildman–Crippen LogP) is 3.77. The van der Waals surface area contributed by atoms with Gasteiger partial charge in [-0.05, 0) is 42.3 Å². The molecule has 0 spiro atoms. The number of unbranched alkanes of at least 4 members (excludes halogenated alkanes) is 2. The molecular formula is C17H26ClN3OS. The van der Waals surface area contributed by atoms with Crippen LogP contribution in [0.25, 0.3) is 0 Å². The van der Waals surface area contributed by atoms with Gasteiger partial charge in [-0.15, -0.1) is 0 Å². The van der Waals surface area contributed by atoms with Crippen molar-refractivity contribution in [2.24, 2.45) is 5.92 Å². The first kappa shape index (κ1) is 19.7. The summed E-state index contributed by atoms with van der Waals surface area (Å²) in [5.74, 6) is -0.216. The summed E-state index contributed by atoms with van der Waals surface area (Å²) in [5.41, 5.74) is 6.40. The maximum atomic E-state index is 12.5. The van der Waals surface area contributed by atoms with E-state index in [0.717, 1.165) is 31.4 Å². The molecule has 0 heterocycles. The molecule has 1 rings (SSSR count). The highest BCUT2D eigenvalue weighted by molar-refractivity contribution is 7.80. The van der Waals surface area contributed by atoms with Crippen LogP contribution in [0.15, 0.2) is 24.3 Å². The zero-order valence-corrected chi connectivity index (χ0v) is 15.6. The normalized spacial score (nSPS) is 11.9. The third kappa shape index (κ3) is 7.18. The lowest BCUT2D eigenvalue weighted by Gasteiger charge is -2.21. The van der Waals surface area contributed by atoms with Crippen LogP contribution in [0.5, 0.6) is 0 Å². The van der Waals surface area contributed by atoms with Gasteiger partial charge < -0.3 is 5.32 Å². The SMILES string of the molecule is CCCCCNC(=S)NNC(=O)[C@@H](c1ccc(Cl)cc1)C(C)C. The van der Waals surface area contributed by atoms with Gasteiger partial charge in [-0.25, -0.2) is 0 Å². The second-order valence-electron chi connectivity index (χ2n) is 5.85. The number of nitrogens with one attached hydrogen (secondary N) is 3. The fourth-order valence-electron chi connectivity index (χ4n) is 2.33. The molecular weight excluding hydrogens is 330 g/mol. The predicted molar refractivity (Wildman–Crippen MR) is 100 cm³/mol. The van der Waals surface area contributed by atoms with Crippen LogP contribution in [0.1, 0.15) is 51.5 Å². The summed E-state index contributed by atoms with van der Waals surface area (Å²) >= 11 is 11.1. The summed E-state index contributed by atoms with van der Waals surface area (Å²) in [6, 6.07) is 7.36. The van der Waals surface area contributed by atoms with Crippen molar-refractivity contribution in [2.75, 3.05) is 6.54 Å². The first-order valence-corrected chi connectivity index (χ1v) is 8.83. The summed E-state index contributed by atoms with van der Waals surface area (Å²) in [7, 11) is 0. The Morgan fingerprint density at radius 2 is 1.83 bits per heavy atom. The van der Waals surface area contributed by atoms with Gasteiger partial charge in [-0.2, -0.15) is 0 Å². The third-order valence-corrected chi connectivity index (χ3v) is 4.04. The van der Waals surface area contributed by atoms with Gasteiger partial charge in [0.2, 0.25) is 5.91 Å². The van der Waals surface area contributed by atoms with Gasteiger partial charge in [0, 0.05) is 11.6 Å². The van der Waals surface area contributed by atoms with Crippen LogP contribution in [-0.4, -0.2) is 17.6 Å². The number of benzene rings is 1. The number of carbonyl (C=O) groups excluding carboxylic acids is 1. The van der Waals surface area contributed by atoms with Gasteiger partial charge in [-0.3, -0.25) is 15.6 Å². The number of halogens is 1. The smallest absolute Gasteiger partial charge is 0.246 e. The number of thiocarbonyl (C=S) groups is 1. The lowest BCUT2D eigenvalue weighted by molar-refractivity contribution is -0.124. The van der Waals surface area contributed by atoms with E-state index >= 15 is 0 Å². The zero-order chi connectivity index (χ0) is 17.2. The van der Waals surface area contributed by atoms with E-state index in [1.54, 1.807) is 12.1 Å². The molecule has 0 aliphatic rings. The molecule has 0 bridgehead atoms. The van der Waals surface area contributed by atoms with E-state index in [-0.39, 0.29) is 17.7 Å². The largest absolute Gasteiger partial charge is 0.361 e. The van der Waals surface area contributed by atoms with Gasteiger partial charge in [0.15, 0.2) is 5.11 Å². The second-order valence-corrected chi connectivity index (χ2v) is 6.70. The monoisotopic (exact) mass is 355 g/mol. The number of hydrogen-bond acceptors (Lipinski definition) is 2. The fraction of sp³-hybridized carbons (Fsp3) is 0.529. The number of hydrazine groups is 1. The Hall–Kier alpha value is -1.33. The van der Waals surface area contributed by atoms with Crippen molar-refractivity contribution < 1.29 is 4.79 Å². The van der Waals surface area contributed by atoms with Crippen LogP contribution in [0, 0.1) is 5.92 Å². The van der Waals surface area contributed by atoms with Crippen molar-refractivity contribution in [1.82, 2.24) is 16.2 Å². The van der Waals surface area contributed by atoms with E-state index in [2.05, 4.69) is 23.1 Å². The molecule has 0 aliphatic carbocycles. The molecule has 128 valence electrons. The molecule has 6 heteroatoms. The van der Waals surface area contributed by atoms with E-state index < -0.39 is 0 Å². The lowest BCUT2D eigenvalue weighted by atomic mass is 9.88. The molecule has 4 nitrogen and oxygen atoms in total. The van der Waals surface area contributed by atoms with E-state index in [4.69, 9.17) is 23.8 Å². The number of amides is 1. The van der Waals surface area contributed by atoms with Crippen molar-refractivity contribution in [1.29, 1.82) is 0 Å². The lowest BCUT2D eigenvalue weighted by Crippen LogP contribution is -2.49. The van der Waals surface area contributed by atoms with E-state index in [1.807, 2.05) is 26.0 Å². The minimum Gasteiger partial charge on any atom is -0.361 e. The van der Waals surface area contributed by atoms with Gasteiger partial charge in [0.05, 0.1) is 5.92 Å². The molecule has 3 N–H and O–H groups in total. The molecule has 23 heavy (non-hydrogen) atoms. The summed E-state index contributed by atoms with van der Waals surface area (Å²) in [4.78, 5) is 12.5. The van der Waals surface area contributed by atoms with Crippen molar-refractivity contribution in [2.45, 2.75) is 46.0 Å². The number of hydrogen-bond donors (Lipinski definition) is 3. The average Bonchev–Trinajstić information content (AvgIpc) is 2.51. The molecule has 0 radical (unpaired) electrons. The van der Waals surface area contributed by atoms with Crippen molar-refractivity contribution in [3.05, 3.63) is 34.9 Å². The summed E-state index contributed by atoms with van der Waals surface area (Å²) in [6.45, 7) is 6.99. The first-order valence-electron chi connectivity index (χ1n) is 8.04. The molecule has 0 aliphatic heterocycles. The average molecular weight is 356 g/mol. The van der Waals surface area contributed by atoms with Crippen molar-refractivity contribution in [3.63, 3.8) is 0 Å². The fourth-order valence-corrected chi connectivity index (χ4v) is 2.61. The first-order chi connectivity index (χ1) is 11.0. The van der Waals surface area contributed by atoms with E-state index in [0.29, 0.717) is 10.1 Å². The minimum atomic E-state index is -0.261. The Morgan fingerprint density at radius 3 is 2.39 bits per heavy atom. The zero-order valence-electron chi connectivity index (χ0n) is 14.0. The topological polar surface area (TPSA) is 53.2 Å². The Morgan fingerprint density at radius 1 is 1.17 bits per heavy atom. The molecule has 0 fully saturated rings. The number of rotatable bonds is 7. The molecule has 1 amide bonds. The number of carbonyl (C=O) groups is 1. The molecule has 0 aromatic heterocycles. The Labute approximate surface area is 149 Å². The minimum absolute atomic E-state index is 0.111. The Bertz CT molecular complexity index is 505. The highest BCUT2D eigenvalue weighted by Gasteiger charge is 2.24. The van der Waals surface area contributed by atoms with Crippen LogP contribution < -0.4 is 16.2 Å². The summed E-state index contributed by atoms with van der Waals surface area (Å²) < 4.78 is 0. The third-order valence-electron chi connectivity index (χ3n) is 3.54. The molecule has 1 atom stereocenters. The van der Waals surface area contributed by atoms with Gasteiger partial charge in [0.25, 0.3) is 0 Å². The maximum Gasteiger partial charge on any atom is 0.246 e. The molecule has 0 saturated carbocycles. The van der Waals surface area contributed by atoms with Gasteiger partial charge >= 0.3 is 0 Å². The van der Waals surface area contributed by atoms with Crippen LogP contribution >= 0.6 is 23.8 Å². The second kappa shape index (κ2) is 10.4. The highest BCUT2D eigenvalue weighted by atomic mass is 35.5. The standard InChI is InChI=1S/C17H26ClN3OS/c1-4-5-6-11-19-17(23)21-20-16(22)15(12(2)3)13-7-9-14(18)10-8-13/h7-10,12,15H,4-6,11H2,1-3H3,(H,20,22)(H2,19,21,23)/t15-/m1/s1. The molecule has 0 unspecified atom stereocenters. The maximum absolute atomic E-state index is 12.5. The molecule has 1 aromatic rings. The highest BCUT2D eigenvalue weighted by Crippen LogP contribution is 2.25. The van der Waals surface area contributed by atoms with Gasteiger partial charge in [0.1, 0.15) is 0 Å². The van der Waals surface area contributed by atoms with Crippen molar-refractivity contribution in [3.8, 4) is 0 Å². The summed E-state index contributed by atoms with van der Waals surface area (Å²) in [6.07, 6.45) is 3.38. The van der Waals surface area contributed by atoms with E-state index in [1.165, 1.54) is 0 Å². The van der Waals surface area contributed by atoms with Crippen molar-refractivity contribution >= 4 is 34.8 Å². The van der Waals surface area contributed by atoms with Gasteiger partial charge in [-0.1, -0.05) is 57.3 Å². The molecule has 0 saturated heterocycles. The van der Waals surface area contributed by atoms with Crippen LogP contribution in [-0.2, 0) is 4.79 Å². The quantitative estimate of drug-likeness (QED) is 0.396. The summed E-state index contributed by atoms with van der Waals surface area (Å²) in [5, 5.41) is 4.17. The van der Waals surface area contributed by atoms with Crippen LogP contribution in [0.2, 0.25) is 5.02 Å². The van der Waals surface area contributed by atoms with Crippen LogP contribution in [0.4, 0.5) is 0 Å².